The molecule has 184 valence electrons. The van der Waals surface area contributed by atoms with Gasteiger partial charge in [0.2, 0.25) is 5.91 Å². The van der Waals surface area contributed by atoms with Gasteiger partial charge in [-0.3, -0.25) is 9.59 Å². The fourth-order valence-electron chi connectivity index (χ4n) is 3.52. The zero-order chi connectivity index (χ0) is 25.2. The molecular weight excluding hydrogens is 596 g/mol. The summed E-state index contributed by atoms with van der Waals surface area (Å²) < 4.78 is 7.52. The number of halogens is 3. The van der Waals surface area contributed by atoms with Crippen molar-refractivity contribution in [1.82, 2.24) is 10.2 Å². The quantitative estimate of drug-likeness (QED) is 0.269. The lowest BCUT2D eigenvalue weighted by Crippen LogP contribution is -2.51. The summed E-state index contributed by atoms with van der Waals surface area (Å²) in [5, 5.41) is 3.36. The van der Waals surface area contributed by atoms with Gasteiger partial charge in [-0.05, 0) is 47.9 Å². The molecular formula is C27H27Br2ClN2O3. The number of carbonyl (C=O) groups is 2. The topological polar surface area (TPSA) is 58.6 Å². The van der Waals surface area contributed by atoms with Crippen LogP contribution in [-0.2, 0) is 22.6 Å². The fraction of sp³-hybridized carbons (Fsp3) is 0.259. The SMILES string of the molecule is CCCNC(=O)[C@@H](Cc1ccccc1)N(Cc1ccc(Br)cc1)C(=O)COc1ccc(Br)cc1Cl. The molecule has 8 heteroatoms. The molecule has 0 spiro atoms. The summed E-state index contributed by atoms with van der Waals surface area (Å²) in [5.74, 6) is -0.0934. The Hall–Kier alpha value is -2.35. The van der Waals surface area contributed by atoms with Crippen LogP contribution >= 0.6 is 43.5 Å². The van der Waals surface area contributed by atoms with Crippen LogP contribution in [0.25, 0.3) is 0 Å². The largest absolute Gasteiger partial charge is 0.482 e. The number of ether oxygens (including phenoxy) is 1. The van der Waals surface area contributed by atoms with E-state index in [0.29, 0.717) is 23.7 Å². The minimum atomic E-state index is -0.705. The highest BCUT2D eigenvalue weighted by Crippen LogP contribution is 2.28. The van der Waals surface area contributed by atoms with Crippen molar-refractivity contribution < 1.29 is 14.3 Å². The predicted octanol–water partition coefficient (Wildman–Crippen LogP) is 6.41. The van der Waals surface area contributed by atoms with E-state index >= 15 is 0 Å². The lowest BCUT2D eigenvalue weighted by molar-refractivity contribution is -0.142. The molecule has 1 N–H and O–H groups in total. The van der Waals surface area contributed by atoms with Gasteiger partial charge in [-0.1, -0.05) is 92.8 Å². The van der Waals surface area contributed by atoms with Gasteiger partial charge in [0.1, 0.15) is 11.8 Å². The molecule has 0 bridgehead atoms. The molecule has 1 atom stereocenters. The summed E-state index contributed by atoms with van der Waals surface area (Å²) >= 11 is 13.1. The monoisotopic (exact) mass is 620 g/mol. The van der Waals surface area contributed by atoms with E-state index in [-0.39, 0.29) is 25.0 Å². The maximum absolute atomic E-state index is 13.5. The summed E-state index contributed by atoms with van der Waals surface area (Å²) in [7, 11) is 0. The van der Waals surface area contributed by atoms with E-state index in [4.69, 9.17) is 16.3 Å². The van der Waals surface area contributed by atoms with Gasteiger partial charge in [0, 0.05) is 28.5 Å². The first-order valence-corrected chi connectivity index (χ1v) is 13.3. The number of amides is 2. The van der Waals surface area contributed by atoms with Gasteiger partial charge in [0.25, 0.3) is 5.91 Å². The van der Waals surface area contributed by atoms with Crippen LogP contribution in [0.15, 0.2) is 81.7 Å². The van der Waals surface area contributed by atoms with Crippen molar-refractivity contribution in [2.24, 2.45) is 0 Å². The van der Waals surface area contributed by atoms with Crippen molar-refractivity contribution in [2.45, 2.75) is 32.4 Å². The predicted molar refractivity (Wildman–Crippen MR) is 147 cm³/mol. The van der Waals surface area contributed by atoms with Crippen LogP contribution in [-0.4, -0.2) is 35.9 Å². The minimum Gasteiger partial charge on any atom is -0.482 e. The molecule has 0 aliphatic rings. The van der Waals surface area contributed by atoms with Crippen molar-refractivity contribution in [3.8, 4) is 5.75 Å². The van der Waals surface area contributed by atoms with Gasteiger partial charge < -0.3 is 15.0 Å². The lowest BCUT2D eigenvalue weighted by atomic mass is 10.0. The molecule has 0 aromatic heterocycles. The summed E-state index contributed by atoms with van der Waals surface area (Å²) in [6, 6.07) is 21.9. The highest BCUT2D eigenvalue weighted by molar-refractivity contribution is 9.10. The van der Waals surface area contributed by atoms with Gasteiger partial charge in [-0.15, -0.1) is 0 Å². The van der Waals surface area contributed by atoms with Crippen LogP contribution in [0.5, 0.6) is 5.75 Å². The maximum Gasteiger partial charge on any atom is 0.261 e. The first kappa shape index (κ1) is 27.2. The molecule has 0 fully saturated rings. The molecule has 5 nitrogen and oxygen atoms in total. The van der Waals surface area contributed by atoms with Gasteiger partial charge in [0.15, 0.2) is 6.61 Å². The second kappa shape index (κ2) is 13.7. The number of benzene rings is 3. The first-order valence-electron chi connectivity index (χ1n) is 11.3. The second-order valence-corrected chi connectivity index (χ2v) is 10.2. The lowest BCUT2D eigenvalue weighted by Gasteiger charge is -2.31. The molecule has 3 aromatic carbocycles. The Morgan fingerprint density at radius 3 is 2.31 bits per heavy atom. The van der Waals surface area contributed by atoms with E-state index in [1.54, 1.807) is 23.1 Å². The van der Waals surface area contributed by atoms with Gasteiger partial charge in [-0.25, -0.2) is 0 Å². The zero-order valence-corrected chi connectivity index (χ0v) is 23.3. The molecule has 2 amide bonds. The standard InChI is InChI=1S/C27H27Br2ClN2O3/c1-2-14-31-27(34)24(15-19-6-4-3-5-7-19)32(17-20-8-10-21(28)11-9-20)26(33)18-35-25-13-12-22(29)16-23(25)30/h3-13,16,24H,2,14-15,17-18H2,1H3,(H,31,34)/t24-/m1/s1. The Labute approximate surface area is 228 Å². The average Bonchev–Trinajstić information content (AvgIpc) is 2.85. The van der Waals surface area contributed by atoms with Crippen LogP contribution in [0.2, 0.25) is 5.02 Å². The molecule has 0 saturated heterocycles. The molecule has 0 aliphatic carbocycles. The second-order valence-electron chi connectivity index (χ2n) is 8.01. The number of nitrogens with one attached hydrogen (secondary N) is 1. The Bertz CT molecular complexity index is 1130. The van der Waals surface area contributed by atoms with E-state index in [9.17, 15) is 9.59 Å². The number of hydrogen-bond donors (Lipinski definition) is 1. The van der Waals surface area contributed by atoms with Crippen molar-refractivity contribution in [2.75, 3.05) is 13.2 Å². The van der Waals surface area contributed by atoms with Crippen LogP contribution in [0.3, 0.4) is 0 Å². The average molecular weight is 623 g/mol. The summed E-state index contributed by atoms with van der Waals surface area (Å²) in [6.07, 6.45) is 1.19. The molecule has 0 radical (unpaired) electrons. The molecule has 3 aromatic rings. The van der Waals surface area contributed by atoms with Gasteiger partial charge in [-0.2, -0.15) is 0 Å². The molecule has 0 aliphatic heterocycles. The van der Waals surface area contributed by atoms with Gasteiger partial charge >= 0.3 is 0 Å². The molecule has 35 heavy (non-hydrogen) atoms. The fourth-order valence-corrected chi connectivity index (χ4v) is 4.51. The van der Waals surface area contributed by atoms with E-state index in [2.05, 4.69) is 37.2 Å². The van der Waals surface area contributed by atoms with Crippen molar-refractivity contribution >= 4 is 55.3 Å². The molecule has 3 rings (SSSR count). The van der Waals surface area contributed by atoms with E-state index in [0.717, 1.165) is 26.5 Å². The van der Waals surface area contributed by atoms with Gasteiger partial charge in [0.05, 0.1) is 5.02 Å². The number of rotatable bonds is 11. The maximum atomic E-state index is 13.5. The number of nitrogens with zero attached hydrogens (tertiary/aromatic N) is 1. The third-order valence-corrected chi connectivity index (χ3v) is 6.65. The summed E-state index contributed by atoms with van der Waals surface area (Å²) in [4.78, 5) is 28.4. The van der Waals surface area contributed by atoms with Crippen molar-refractivity contribution in [3.05, 3.63) is 97.9 Å². The Balaban J connectivity index is 1.89. The van der Waals surface area contributed by atoms with Crippen LogP contribution in [0.4, 0.5) is 0 Å². The third kappa shape index (κ3) is 8.37. The van der Waals surface area contributed by atoms with Crippen LogP contribution < -0.4 is 10.1 Å². The number of carbonyl (C=O) groups excluding carboxylic acids is 2. The molecule has 0 heterocycles. The number of hydrogen-bond acceptors (Lipinski definition) is 3. The zero-order valence-electron chi connectivity index (χ0n) is 19.3. The molecule has 0 unspecified atom stereocenters. The highest BCUT2D eigenvalue weighted by Gasteiger charge is 2.30. The van der Waals surface area contributed by atoms with E-state index < -0.39 is 6.04 Å². The third-order valence-electron chi connectivity index (χ3n) is 5.33. The van der Waals surface area contributed by atoms with Crippen LogP contribution in [0.1, 0.15) is 24.5 Å². The first-order chi connectivity index (χ1) is 16.9. The molecule has 0 saturated carbocycles. The Morgan fingerprint density at radius 1 is 0.971 bits per heavy atom. The summed E-state index contributed by atoms with van der Waals surface area (Å²) in [6.45, 7) is 2.55. The van der Waals surface area contributed by atoms with Crippen molar-refractivity contribution in [1.29, 1.82) is 0 Å². The van der Waals surface area contributed by atoms with E-state index in [1.165, 1.54) is 0 Å². The smallest absolute Gasteiger partial charge is 0.261 e. The highest BCUT2D eigenvalue weighted by atomic mass is 79.9. The summed E-state index contributed by atoms with van der Waals surface area (Å²) in [5.41, 5.74) is 1.87. The Kier molecular flexibility index (Phi) is 10.6. The minimum absolute atomic E-state index is 0.192. The van der Waals surface area contributed by atoms with E-state index in [1.807, 2.05) is 61.5 Å². The normalized spacial score (nSPS) is 11.5. The van der Waals surface area contributed by atoms with Crippen molar-refractivity contribution in [3.63, 3.8) is 0 Å². The Morgan fingerprint density at radius 2 is 1.66 bits per heavy atom. The van der Waals surface area contributed by atoms with Crippen LogP contribution in [0, 0.1) is 0 Å².